The van der Waals surface area contributed by atoms with Gasteiger partial charge in [0.15, 0.2) is 0 Å². The first-order valence-electron chi connectivity index (χ1n) is 16.4. The van der Waals surface area contributed by atoms with Crippen LogP contribution in [0.5, 0.6) is 0 Å². The number of hydrogen-bond donors (Lipinski definition) is 1. The van der Waals surface area contributed by atoms with Crippen LogP contribution in [-0.2, 0) is 19.1 Å². The highest BCUT2D eigenvalue weighted by atomic mass is 16.6. The number of rotatable bonds is 29. The second-order valence-corrected chi connectivity index (χ2v) is 11.8. The van der Waals surface area contributed by atoms with Crippen LogP contribution in [0.1, 0.15) is 175 Å². The summed E-state index contributed by atoms with van der Waals surface area (Å²) in [5.74, 6) is 0.269. The molecule has 0 fully saturated rings. The van der Waals surface area contributed by atoms with Crippen molar-refractivity contribution in [3.05, 3.63) is 0 Å². The van der Waals surface area contributed by atoms with Gasteiger partial charge in [0.05, 0.1) is 0 Å². The molecule has 1 N–H and O–H groups in total. The normalized spacial score (nSPS) is 12.1. The molecule has 226 valence electrons. The molecular formula is C33H64O5. The SMILES string of the molecule is CCCCCCCCCCCCCC(=O)OC[C@H](O)COC(=O)CCCCCCCCCCCCC(C)C. The fourth-order valence-corrected chi connectivity index (χ4v) is 4.74. The summed E-state index contributed by atoms with van der Waals surface area (Å²) in [6.07, 6.45) is 27.2. The van der Waals surface area contributed by atoms with Gasteiger partial charge in [-0.2, -0.15) is 0 Å². The Morgan fingerprint density at radius 1 is 0.526 bits per heavy atom. The molecule has 0 aliphatic carbocycles. The van der Waals surface area contributed by atoms with E-state index in [1.165, 1.54) is 116 Å². The average molecular weight is 541 g/mol. The van der Waals surface area contributed by atoms with Crippen molar-refractivity contribution in [2.24, 2.45) is 5.92 Å². The van der Waals surface area contributed by atoms with Gasteiger partial charge in [0, 0.05) is 12.8 Å². The van der Waals surface area contributed by atoms with Gasteiger partial charge in [0.1, 0.15) is 19.3 Å². The Labute approximate surface area is 236 Å². The van der Waals surface area contributed by atoms with Crippen LogP contribution in [0.3, 0.4) is 0 Å². The third kappa shape index (κ3) is 29.5. The first kappa shape index (κ1) is 36.9. The molecule has 0 spiro atoms. The standard InChI is InChI=1S/C33H64O5/c1-4-5-6-7-8-9-10-14-17-20-23-26-32(35)37-28-31(34)29-38-33(36)27-24-21-18-15-12-11-13-16-19-22-25-30(2)3/h30-31,34H,4-29H2,1-3H3/t31-/m0/s1. The van der Waals surface area contributed by atoms with Gasteiger partial charge in [-0.15, -0.1) is 0 Å². The molecule has 0 amide bonds. The molecule has 0 radical (unpaired) electrons. The molecule has 5 nitrogen and oxygen atoms in total. The van der Waals surface area contributed by atoms with Crippen molar-refractivity contribution in [3.8, 4) is 0 Å². The van der Waals surface area contributed by atoms with E-state index in [0.29, 0.717) is 12.8 Å². The number of esters is 2. The molecule has 0 aliphatic heterocycles. The summed E-state index contributed by atoms with van der Waals surface area (Å²) in [5, 5.41) is 9.94. The van der Waals surface area contributed by atoms with Gasteiger partial charge in [-0.25, -0.2) is 0 Å². The summed E-state index contributed by atoms with van der Waals surface area (Å²) >= 11 is 0. The second kappa shape index (κ2) is 28.9. The number of aliphatic hydroxyl groups is 1. The molecule has 0 bridgehead atoms. The zero-order valence-electron chi connectivity index (χ0n) is 25.6. The maximum atomic E-state index is 11.9. The van der Waals surface area contributed by atoms with Crippen molar-refractivity contribution in [2.45, 2.75) is 181 Å². The lowest BCUT2D eigenvalue weighted by atomic mass is 10.0. The Hall–Kier alpha value is -1.10. The number of carbonyl (C=O) groups is 2. The van der Waals surface area contributed by atoms with E-state index in [0.717, 1.165) is 31.6 Å². The number of unbranched alkanes of at least 4 members (excludes halogenated alkanes) is 19. The zero-order chi connectivity index (χ0) is 28.1. The van der Waals surface area contributed by atoms with E-state index in [1.807, 2.05) is 0 Å². The largest absolute Gasteiger partial charge is 0.463 e. The highest BCUT2D eigenvalue weighted by Crippen LogP contribution is 2.14. The smallest absolute Gasteiger partial charge is 0.305 e. The summed E-state index contributed by atoms with van der Waals surface area (Å²) in [6.45, 7) is 6.62. The van der Waals surface area contributed by atoms with Crippen molar-refractivity contribution < 1.29 is 24.2 Å². The fourth-order valence-electron chi connectivity index (χ4n) is 4.74. The monoisotopic (exact) mass is 540 g/mol. The predicted octanol–water partition coefficient (Wildman–Crippen LogP) is 9.47. The minimum atomic E-state index is -0.953. The summed E-state index contributed by atoms with van der Waals surface area (Å²) in [7, 11) is 0. The number of hydrogen-bond acceptors (Lipinski definition) is 5. The van der Waals surface area contributed by atoms with Crippen LogP contribution >= 0.6 is 0 Å². The summed E-state index contributed by atoms with van der Waals surface area (Å²) < 4.78 is 10.3. The quantitative estimate of drug-likeness (QED) is 0.0755. The van der Waals surface area contributed by atoms with E-state index in [4.69, 9.17) is 9.47 Å². The van der Waals surface area contributed by atoms with Crippen molar-refractivity contribution in [1.82, 2.24) is 0 Å². The highest BCUT2D eigenvalue weighted by molar-refractivity contribution is 5.69. The lowest BCUT2D eigenvalue weighted by molar-refractivity contribution is -0.152. The summed E-state index contributed by atoms with van der Waals surface area (Å²) in [5.41, 5.74) is 0. The van der Waals surface area contributed by atoms with Crippen LogP contribution in [-0.4, -0.2) is 36.4 Å². The second-order valence-electron chi connectivity index (χ2n) is 11.8. The average Bonchev–Trinajstić information content (AvgIpc) is 2.89. The van der Waals surface area contributed by atoms with E-state index in [1.54, 1.807) is 0 Å². The molecule has 0 aromatic heterocycles. The fraction of sp³-hybridized carbons (Fsp3) is 0.939. The van der Waals surface area contributed by atoms with Crippen LogP contribution in [0.4, 0.5) is 0 Å². The van der Waals surface area contributed by atoms with Crippen molar-refractivity contribution in [2.75, 3.05) is 13.2 Å². The molecule has 0 aromatic rings. The highest BCUT2D eigenvalue weighted by Gasteiger charge is 2.12. The van der Waals surface area contributed by atoms with Gasteiger partial charge in [0.2, 0.25) is 0 Å². The summed E-state index contributed by atoms with van der Waals surface area (Å²) in [4.78, 5) is 23.7. The Kier molecular flexibility index (Phi) is 28.1. The molecule has 0 heterocycles. The van der Waals surface area contributed by atoms with Gasteiger partial charge in [-0.05, 0) is 18.8 Å². The van der Waals surface area contributed by atoms with Crippen molar-refractivity contribution in [3.63, 3.8) is 0 Å². The van der Waals surface area contributed by atoms with Gasteiger partial charge < -0.3 is 14.6 Å². The maximum absolute atomic E-state index is 11.9. The van der Waals surface area contributed by atoms with Crippen LogP contribution < -0.4 is 0 Å². The number of aliphatic hydroxyl groups excluding tert-OH is 1. The molecule has 5 heteroatoms. The number of carbonyl (C=O) groups excluding carboxylic acids is 2. The minimum absolute atomic E-state index is 0.109. The van der Waals surface area contributed by atoms with E-state index >= 15 is 0 Å². The van der Waals surface area contributed by atoms with Gasteiger partial charge in [-0.3, -0.25) is 9.59 Å². The van der Waals surface area contributed by atoms with E-state index in [9.17, 15) is 14.7 Å². The molecule has 38 heavy (non-hydrogen) atoms. The van der Waals surface area contributed by atoms with E-state index < -0.39 is 6.10 Å². The summed E-state index contributed by atoms with van der Waals surface area (Å²) in [6, 6.07) is 0. The first-order valence-corrected chi connectivity index (χ1v) is 16.4. The molecule has 0 saturated heterocycles. The molecule has 0 aliphatic rings. The molecule has 0 unspecified atom stereocenters. The maximum Gasteiger partial charge on any atom is 0.305 e. The lowest BCUT2D eigenvalue weighted by Crippen LogP contribution is -2.25. The Morgan fingerprint density at radius 2 is 0.842 bits per heavy atom. The predicted molar refractivity (Wildman–Crippen MR) is 159 cm³/mol. The molecule has 0 saturated carbocycles. The minimum Gasteiger partial charge on any atom is -0.463 e. The molecular weight excluding hydrogens is 476 g/mol. The van der Waals surface area contributed by atoms with Gasteiger partial charge >= 0.3 is 11.9 Å². The Balaban J connectivity index is 3.42. The Morgan fingerprint density at radius 3 is 1.18 bits per heavy atom. The Bertz CT molecular complexity index is 520. The zero-order valence-corrected chi connectivity index (χ0v) is 25.6. The molecule has 0 aromatic carbocycles. The van der Waals surface area contributed by atoms with Crippen molar-refractivity contribution in [1.29, 1.82) is 0 Å². The van der Waals surface area contributed by atoms with Gasteiger partial charge in [0.25, 0.3) is 0 Å². The van der Waals surface area contributed by atoms with Crippen LogP contribution in [0, 0.1) is 5.92 Å². The first-order chi connectivity index (χ1) is 18.5. The lowest BCUT2D eigenvalue weighted by Gasteiger charge is -2.12. The van der Waals surface area contributed by atoms with Crippen LogP contribution in [0.25, 0.3) is 0 Å². The van der Waals surface area contributed by atoms with E-state index in [2.05, 4.69) is 20.8 Å². The van der Waals surface area contributed by atoms with Crippen LogP contribution in [0.15, 0.2) is 0 Å². The number of ether oxygens (including phenoxy) is 2. The topological polar surface area (TPSA) is 72.8 Å². The van der Waals surface area contributed by atoms with Gasteiger partial charge in [-0.1, -0.05) is 149 Å². The van der Waals surface area contributed by atoms with Crippen molar-refractivity contribution >= 4 is 11.9 Å². The van der Waals surface area contributed by atoms with Crippen LogP contribution in [0.2, 0.25) is 0 Å². The third-order valence-corrected chi connectivity index (χ3v) is 7.27. The molecule has 0 rings (SSSR count). The third-order valence-electron chi connectivity index (χ3n) is 7.27. The molecule has 1 atom stereocenters. The van der Waals surface area contributed by atoms with E-state index in [-0.39, 0.29) is 25.2 Å².